The summed E-state index contributed by atoms with van der Waals surface area (Å²) >= 11 is 2.26. The molecule has 1 aliphatic carbocycles. The topological polar surface area (TPSA) is 38.3 Å². The molecule has 0 radical (unpaired) electrons. The van der Waals surface area contributed by atoms with Gasteiger partial charge in [0.1, 0.15) is 6.61 Å². The van der Waals surface area contributed by atoms with Crippen LogP contribution in [0.3, 0.4) is 0 Å². The van der Waals surface area contributed by atoms with Crippen molar-refractivity contribution in [1.29, 1.82) is 0 Å². The van der Waals surface area contributed by atoms with Crippen LogP contribution in [0.15, 0.2) is 60.7 Å². The number of carbonyl (C=O) groups excluding carboxylic acids is 1. The molecule has 3 aromatic rings. The molecule has 0 saturated carbocycles. The van der Waals surface area contributed by atoms with Gasteiger partial charge in [-0.05, 0) is 75.0 Å². The maximum Gasteiger partial charge on any atom is 0.407 e. The first-order valence-electron chi connectivity index (χ1n) is 9.43. The van der Waals surface area contributed by atoms with Gasteiger partial charge in [-0.15, -0.1) is 6.42 Å². The average Bonchev–Trinajstić information content (AvgIpc) is 3.07. The Morgan fingerprint density at radius 1 is 1.10 bits per heavy atom. The van der Waals surface area contributed by atoms with Gasteiger partial charge >= 0.3 is 6.09 Å². The van der Waals surface area contributed by atoms with Gasteiger partial charge < -0.3 is 10.1 Å². The minimum absolute atomic E-state index is 0.0561. The lowest BCUT2D eigenvalue weighted by Crippen LogP contribution is -2.26. The van der Waals surface area contributed by atoms with Gasteiger partial charge in [0.2, 0.25) is 0 Å². The summed E-state index contributed by atoms with van der Waals surface area (Å²) in [7, 11) is 0. The van der Waals surface area contributed by atoms with E-state index in [0.717, 1.165) is 20.3 Å². The third kappa shape index (κ3) is 3.88. The predicted molar refractivity (Wildman–Crippen MR) is 124 cm³/mol. The summed E-state index contributed by atoms with van der Waals surface area (Å²) in [4.78, 5) is 12.4. The maximum atomic E-state index is 12.4. The monoisotopic (exact) mass is 493 g/mol. The van der Waals surface area contributed by atoms with E-state index in [2.05, 4.69) is 58.1 Å². The minimum Gasteiger partial charge on any atom is -0.449 e. The number of hydrogen-bond donors (Lipinski definition) is 1. The summed E-state index contributed by atoms with van der Waals surface area (Å²) in [6.45, 7) is 2.71. The fourth-order valence-corrected chi connectivity index (χ4v) is 4.50. The number of alkyl carbamates (subject to hydrolysis) is 1. The van der Waals surface area contributed by atoms with E-state index in [4.69, 9.17) is 11.2 Å². The van der Waals surface area contributed by atoms with Crippen LogP contribution in [-0.4, -0.2) is 12.7 Å². The number of halogens is 1. The largest absolute Gasteiger partial charge is 0.449 e. The van der Waals surface area contributed by atoms with Crippen LogP contribution in [0, 0.1) is 22.8 Å². The van der Waals surface area contributed by atoms with Crippen LogP contribution < -0.4 is 5.32 Å². The zero-order valence-electron chi connectivity index (χ0n) is 16.0. The summed E-state index contributed by atoms with van der Waals surface area (Å²) in [5.41, 5.74) is 7.76. The van der Waals surface area contributed by atoms with E-state index in [1.54, 1.807) is 0 Å². The standard InChI is InChI=1S/C25H20INO2/c1-3-17-12-18(16(2)24(26)13-17)14-27-25(28)29-15-23-21-10-6-4-8-19(21)20-9-5-7-11-22(20)23/h1,4-13,23H,14-15H2,2H3,(H,27,28). The maximum absolute atomic E-state index is 12.4. The van der Waals surface area contributed by atoms with Gasteiger partial charge in [-0.3, -0.25) is 0 Å². The predicted octanol–water partition coefficient (Wildman–Crippen LogP) is 5.62. The fourth-order valence-electron chi connectivity index (χ4n) is 3.82. The van der Waals surface area contributed by atoms with Crippen LogP contribution in [0.2, 0.25) is 0 Å². The van der Waals surface area contributed by atoms with E-state index >= 15 is 0 Å². The summed E-state index contributed by atoms with van der Waals surface area (Å²) in [5.74, 6) is 2.71. The Kier molecular flexibility index (Phi) is 5.59. The lowest BCUT2D eigenvalue weighted by atomic mass is 9.98. The zero-order valence-corrected chi connectivity index (χ0v) is 18.2. The Morgan fingerprint density at radius 3 is 2.34 bits per heavy atom. The Morgan fingerprint density at radius 2 is 1.72 bits per heavy atom. The second-order valence-electron chi connectivity index (χ2n) is 7.07. The Balaban J connectivity index is 1.44. The van der Waals surface area contributed by atoms with Gasteiger partial charge in [-0.2, -0.15) is 0 Å². The molecule has 4 heteroatoms. The first kappa shape index (κ1) is 19.5. The molecule has 0 aliphatic heterocycles. The van der Waals surface area contributed by atoms with Crippen LogP contribution in [-0.2, 0) is 11.3 Å². The summed E-state index contributed by atoms with van der Waals surface area (Å²) in [6, 6.07) is 20.5. The lowest BCUT2D eigenvalue weighted by Gasteiger charge is -2.15. The number of terminal acetylenes is 1. The first-order valence-corrected chi connectivity index (χ1v) is 10.5. The molecule has 1 amide bonds. The molecule has 0 aromatic heterocycles. The van der Waals surface area contributed by atoms with Gasteiger partial charge in [-0.25, -0.2) is 4.79 Å². The van der Waals surface area contributed by atoms with Gasteiger partial charge in [0.05, 0.1) is 0 Å². The number of fused-ring (bicyclic) bond motifs is 3. The van der Waals surface area contributed by atoms with Crippen molar-refractivity contribution in [1.82, 2.24) is 5.32 Å². The van der Waals surface area contributed by atoms with Crippen molar-refractivity contribution in [2.45, 2.75) is 19.4 Å². The Hall–Kier alpha value is -2.78. The van der Waals surface area contributed by atoms with E-state index in [1.807, 2.05) is 43.3 Å². The Labute approximate surface area is 184 Å². The van der Waals surface area contributed by atoms with Crippen molar-refractivity contribution < 1.29 is 9.53 Å². The molecule has 3 nitrogen and oxygen atoms in total. The van der Waals surface area contributed by atoms with Crippen LogP contribution >= 0.6 is 22.6 Å². The second-order valence-corrected chi connectivity index (χ2v) is 8.23. The molecule has 0 bridgehead atoms. The molecule has 4 rings (SSSR count). The number of ether oxygens (including phenoxy) is 1. The molecule has 0 fully saturated rings. The van der Waals surface area contributed by atoms with Crippen molar-refractivity contribution in [2.24, 2.45) is 0 Å². The molecular formula is C25H20INO2. The summed E-state index contributed by atoms with van der Waals surface area (Å²) < 4.78 is 6.68. The molecule has 1 N–H and O–H groups in total. The summed E-state index contributed by atoms with van der Waals surface area (Å²) in [5, 5.41) is 2.86. The second kappa shape index (κ2) is 8.30. The van der Waals surface area contributed by atoms with E-state index in [-0.39, 0.29) is 5.92 Å². The number of amides is 1. The fraction of sp³-hybridized carbons (Fsp3) is 0.160. The van der Waals surface area contributed by atoms with Crippen molar-refractivity contribution in [3.63, 3.8) is 0 Å². The quantitative estimate of drug-likeness (QED) is 0.379. The van der Waals surface area contributed by atoms with Crippen molar-refractivity contribution in [2.75, 3.05) is 6.61 Å². The number of carbonyl (C=O) groups is 1. The van der Waals surface area contributed by atoms with Crippen molar-refractivity contribution in [3.05, 3.63) is 92.1 Å². The zero-order chi connectivity index (χ0) is 20.4. The third-order valence-corrected chi connectivity index (χ3v) is 6.51. The summed E-state index contributed by atoms with van der Waals surface area (Å²) in [6.07, 6.45) is 5.10. The number of hydrogen-bond acceptors (Lipinski definition) is 2. The molecule has 29 heavy (non-hydrogen) atoms. The number of nitrogens with one attached hydrogen (secondary N) is 1. The number of benzene rings is 3. The normalized spacial score (nSPS) is 12.0. The van der Waals surface area contributed by atoms with Gasteiger partial charge in [0.15, 0.2) is 0 Å². The van der Waals surface area contributed by atoms with E-state index in [1.165, 1.54) is 22.3 Å². The molecular weight excluding hydrogens is 473 g/mol. The highest BCUT2D eigenvalue weighted by Crippen LogP contribution is 2.44. The van der Waals surface area contributed by atoms with Gasteiger partial charge in [0, 0.05) is 21.6 Å². The highest BCUT2D eigenvalue weighted by atomic mass is 127. The van der Waals surface area contributed by atoms with Crippen LogP contribution in [0.4, 0.5) is 4.79 Å². The van der Waals surface area contributed by atoms with Crippen molar-refractivity contribution >= 4 is 28.7 Å². The van der Waals surface area contributed by atoms with E-state index < -0.39 is 6.09 Å². The first-order chi connectivity index (χ1) is 14.1. The molecule has 3 aromatic carbocycles. The molecule has 0 atom stereocenters. The number of rotatable bonds is 4. The lowest BCUT2D eigenvalue weighted by molar-refractivity contribution is 0.142. The molecule has 144 valence electrons. The van der Waals surface area contributed by atoms with Crippen molar-refractivity contribution in [3.8, 4) is 23.5 Å². The molecule has 0 heterocycles. The van der Waals surface area contributed by atoms with Crippen LogP contribution in [0.1, 0.15) is 33.7 Å². The van der Waals surface area contributed by atoms with E-state index in [0.29, 0.717) is 13.2 Å². The highest BCUT2D eigenvalue weighted by Gasteiger charge is 2.28. The van der Waals surface area contributed by atoms with E-state index in [9.17, 15) is 4.79 Å². The smallest absolute Gasteiger partial charge is 0.407 e. The minimum atomic E-state index is -0.424. The SMILES string of the molecule is C#Cc1cc(I)c(C)c(CNC(=O)OCC2c3ccccc3-c3ccccc32)c1. The average molecular weight is 493 g/mol. The third-order valence-electron chi connectivity index (χ3n) is 5.39. The molecule has 0 spiro atoms. The van der Waals surface area contributed by atoms with Crippen LogP contribution in [0.5, 0.6) is 0 Å². The molecule has 0 unspecified atom stereocenters. The molecule has 0 saturated heterocycles. The van der Waals surface area contributed by atoms with Gasteiger partial charge in [-0.1, -0.05) is 54.5 Å². The Bertz CT molecular complexity index is 1080. The molecule has 1 aliphatic rings. The highest BCUT2D eigenvalue weighted by molar-refractivity contribution is 14.1. The van der Waals surface area contributed by atoms with Gasteiger partial charge in [0.25, 0.3) is 0 Å². The van der Waals surface area contributed by atoms with Crippen LogP contribution in [0.25, 0.3) is 11.1 Å².